The lowest BCUT2D eigenvalue weighted by Gasteiger charge is -2.26. The predicted octanol–water partition coefficient (Wildman–Crippen LogP) is 3.78. The highest BCUT2D eigenvalue weighted by atomic mass is 35.5. The molecule has 0 bridgehead atoms. The van der Waals surface area contributed by atoms with Gasteiger partial charge in [-0.15, -0.1) is 0 Å². The summed E-state index contributed by atoms with van der Waals surface area (Å²) in [7, 11) is -2.20. The van der Waals surface area contributed by atoms with E-state index in [1.165, 1.54) is 29.6 Å². The van der Waals surface area contributed by atoms with Crippen LogP contribution in [0.25, 0.3) is 0 Å². The van der Waals surface area contributed by atoms with E-state index in [2.05, 4.69) is 5.32 Å². The lowest BCUT2D eigenvalue weighted by atomic mass is 10.2. The Hall–Kier alpha value is -2.09. The predicted molar refractivity (Wildman–Crippen MR) is 105 cm³/mol. The molecule has 1 N–H and O–H groups in total. The monoisotopic (exact) mass is 408 g/mol. The number of methoxy groups -OCH3 is 1. The fourth-order valence-corrected chi connectivity index (χ4v) is 4.68. The van der Waals surface area contributed by atoms with Crippen molar-refractivity contribution in [3.05, 3.63) is 53.1 Å². The van der Waals surface area contributed by atoms with E-state index in [-0.39, 0.29) is 10.5 Å². The zero-order valence-electron chi connectivity index (χ0n) is 14.9. The molecule has 1 saturated heterocycles. The topological polar surface area (TPSA) is 75.7 Å². The van der Waals surface area contributed by atoms with Gasteiger partial charge >= 0.3 is 0 Å². The number of carbonyl (C=O) groups excluding carboxylic acids is 1. The molecular weight excluding hydrogens is 388 g/mol. The van der Waals surface area contributed by atoms with Gasteiger partial charge in [0.25, 0.3) is 5.91 Å². The van der Waals surface area contributed by atoms with Crippen LogP contribution < -0.4 is 10.1 Å². The summed E-state index contributed by atoms with van der Waals surface area (Å²) in [6.45, 7) is 1.00. The first-order valence-electron chi connectivity index (χ1n) is 8.67. The molecule has 0 unspecified atom stereocenters. The number of ether oxygens (including phenoxy) is 1. The maximum atomic E-state index is 12.9. The van der Waals surface area contributed by atoms with Gasteiger partial charge in [-0.2, -0.15) is 4.31 Å². The maximum absolute atomic E-state index is 12.9. The van der Waals surface area contributed by atoms with Crippen LogP contribution in [0.3, 0.4) is 0 Å². The van der Waals surface area contributed by atoms with Crippen molar-refractivity contribution in [1.29, 1.82) is 0 Å². The van der Waals surface area contributed by atoms with Crippen molar-refractivity contribution in [2.24, 2.45) is 0 Å². The second kappa shape index (κ2) is 8.29. The minimum absolute atomic E-state index is 0.0893. The Labute approximate surface area is 164 Å². The molecule has 2 aromatic rings. The normalized spacial score (nSPS) is 15.3. The van der Waals surface area contributed by atoms with Crippen LogP contribution >= 0.6 is 11.6 Å². The summed E-state index contributed by atoms with van der Waals surface area (Å²) in [6, 6.07) is 11.0. The smallest absolute Gasteiger partial charge is 0.259 e. The van der Waals surface area contributed by atoms with Crippen molar-refractivity contribution in [3.63, 3.8) is 0 Å². The molecule has 1 fully saturated rings. The van der Waals surface area contributed by atoms with Crippen molar-refractivity contribution < 1.29 is 17.9 Å². The number of sulfonamides is 1. The Kier molecular flexibility index (Phi) is 6.04. The Morgan fingerprint density at radius 1 is 1.07 bits per heavy atom. The van der Waals surface area contributed by atoms with Gasteiger partial charge in [-0.1, -0.05) is 18.0 Å². The Balaban J connectivity index is 1.91. The number of rotatable bonds is 5. The molecule has 144 valence electrons. The van der Waals surface area contributed by atoms with Crippen molar-refractivity contribution in [2.45, 2.75) is 24.2 Å². The van der Waals surface area contributed by atoms with E-state index in [9.17, 15) is 13.2 Å². The van der Waals surface area contributed by atoms with Gasteiger partial charge in [0.2, 0.25) is 10.0 Å². The van der Waals surface area contributed by atoms with Crippen LogP contribution in [0.5, 0.6) is 5.75 Å². The molecule has 0 aromatic heterocycles. The molecule has 27 heavy (non-hydrogen) atoms. The zero-order chi connectivity index (χ0) is 19.4. The minimum Gasteiger partial charge on any atom is -0.496 e. The zero-order valence-corrected chi connectivity index (χ0v) is 16.5. The van der Waals surface area contributed by atoms with E-state index in [0.717, 1.165) is 19.3 Å². The van der Waals surface area contributed by atoms with E-state index in [4.69, 9.17) is 16.3 Å². The first-order chi connectivity index (χ1) is 12.9. The molecular formula is C19H21ClN2O4S. The van der Waals surface area contributed by atoms with Crippen molar-refractivity contribution in [1.82, 2.24) is 4.31 Å². The van der Waals surface area contributed by atoms with Crippen molar-refractivity contribution >= 4 is 33.2 Å². The Morgan fingerprint density at radius 2 is 1.74 bits per heavy atom. The second-order valence-electron chi connectivity index (χ2n) is 6.29. The SMILES string of the molecule is COc1ccc(S(=O)(=O)N2CCCCC2)cc1C(=O)Nc1ccc(Cl)cc1. The van der Waals surface area contributed by atoms with Crippen LogP contribution in [0.1, 0.15) is 29.6 Å². The maximum Gasteiger partial charge on any atom is 0.259 e. The number of nitrogens with one attached hydrogen (secondary N) is 1. The number of piperidine rings is 1. The van der Waals surface area contributed by atoms with Gasteiger partial charge in [0.05, 0.1) is 17.6 Å². The van der Waals surface area contributed by atoms with Crippen LogP contribution in [0.2, 0.25) is 5.02 Å². The van der Waals surface area contributed by atoms with Gasteiger partial charge in [0, 0.05) is 23.8 Å². The number of hydrogen-bond acceptors (Lipinski definition) is 4. The highest BCUT2D eigenvalue weighted by Gasteiger charge is 2.27. The molecule has 0 saturated carbocycles. The van der Waals surface area contributed by atoms with E-state index in [0.29, 0.717) is 29.5 Å². The van der Waals surface area contributed by atoms with E-state index in [1.807, 2.05) is 0 Å². The van der Waals surface area contributed by atoms with Gasteiger partial charge in [-0.05, 0) is 55.3 Å². The minimum atomic E-state index is -3.64. The van der Waals surface area contributed by atoms with Crippen LogP contribution in [-0.4, -0.2) is 38.8 Å². The standard InChI is InChI=1S/C19H21ClN2O4S/c1-26-18-10-9-16(27(24,25)22-11-3-2-4-12-22)13-17(18)19(23)21-15-7-5-14(20)6-8-15/h5-10,13H,2-4,11-12H2,1H3,(H,21,23). The molecule has 6 nitrogen and oxygen atoms in total. The van der Waals surface area contributed by atoms with Gasteiger partial charge in [0.1, 0.15) is 5.75 Å². The molecule has 0 radical (unpaired) electrons. The first kappa shape index (κ1) is 19.7. The summed E-state index contributed by atoms with van der Waals surface area (Å²) < 4.78 is 32.5. The largest absolute Gasteiger partial charge is 0.496 e. The summed E-state index contributed by atoms with van der Waals surface area (Å²) in [5.41, 5.74) is 0.710. The van der Waals surface area contributed by atoms with Crippen LogP contribution in [-0.2, 0) is 10.0 Å². The summed E-state index contributed by atoms with van der Waals surface area (Å²) >= 11 is 5.85. The Bertz CT molecular complexity index is 923. The van der Waals surface area contributed by atoms with Gasteiger partial charge in [0.15, 0.2) is 0 Å². The number of benzene rings is 2. The molecule has 1 heterocycles. The number of amides is 1. The number of halogens is 1. The average molecular weight is 409 g/mol. The molecule has 0 spiro atoms. The fourth-order valence-electron chi connectivity index (χ4n) is 3.01. The summed E-state index contributed by atoms with van der Waals surface area (Å²) in [6.07, 6.45) is 2.72. The number of nitrogens with zero attached hydrogens (tertiary/aromatic N) is 1. The quantitative estimate of drug-likeness (QED) is 0.816. The highest BCUT2D eigenvalue weighted by Crippen LogP contribution is 2.27. The Morgan fingerprint density at radius 3 is 2.37 bits per heavy atom. The molecule has 8 heteroatoms. The second-order valence-corrected chi connectivity index (χ2v) is 8.66. The van der Waals surface area contributed by atoms with E-state index < -0.39 is 15.9 Å². The molecule has 2 aromatic carbocycles. The molecule has 1 amide bonds. The highest BCUT2D eigenvalue weighted by molar-refractivity contribution is 7.89. The summed E-state index contributed by atoms with van der Waals surface area (Å²) in [4.78, 5) is 12.8. The number of hydrogen-bond donors (Lipinski definition) is 1. The van der Waals surface area contributed by atoms with Crippen molar-refractivity contribution in [2.75, 3.05) is 25.5 Å². The first-order valence-corrected chi connectivity index (χ1v) is 10.5. The molecule has 0 aliphatic carbocycles. The van der Waals surface area contributed by atoms with Gasteiger partial charge in [-0.3, -0.25) is 4.79 Å². The number of carbonyl (C=O) groups is 1. The third kappa shape index (κ3) is 4.43. The third-order valence-corrected chi connectivity index (χ3v) is 6.62. The lowest BCUT2D eigenvalue weighted by molar-refractivity contribution is 0.102. The van der Waals surface area contributed by atoms with Crippen LogP contribution in [0.15, 0.2) is 47.4 Å². The number of anilines is 1. The average Bonchev–Trinajstić information content (AvgIpc) is 2.69. The third-order valence-electron chi connectivity index (χ3n) is 4.47. The van der Waals surface area contributed by atoms with E-state index >= 15 is 0 Å². The lowest BCUT2D eigenvalue weighted by Crippen LogP contribution is -2.35. The molecule has 3 rings (SSSR count). The summed E-state index contributed by atoms with van der Waals surface area (Å²) in [5, 5.41) is 3.29. The molecule has 1 aliphatic rings. The molecule has 1 aliphatic heterocycles. The molecule has 0 atom stereocenters. The van der Waals surface area contributed by atoms with Gasteiger partial charge in [-0.25, -0.2) is 8.42 Å². The van der Waals surface area contributed by atoms with Gasteiger partial charge < -0.3 is 10.1 Å². The van der Waals surface area contributed by atoms with Crippen molar-refractivity contribution in [3.8, 4) is 5.75 Å². The van der Waals surface area contributed by atoms with Crippen LogP contribution in [0.4, 0.5) is 5.69 Å². The van der Waals surface area contributed by atoms with E-state index in [1.54, 1.807) is 24.3 Å². The van der Waals surface area contributed by atoms with Crippen LogP contribution in [0, 0.1) is 0 Å². The summed E-state index contributed by atoms with van der Waals surface area (Å²) in [5.74, 6) is -0.149. The fraction of sp³-hybridized carbons (Fsp3) is 0.316.